The molecule has 0 saturated heterocycles. The molecule has 0 saturated carbocycles. The van der Waals surface area contributed by atoms with Crippen molar-refractivity contribution >= 4 is 17.6 Å². The Kier molecular flexibility index (Phi) is 5.99. The number of rotatable bonds is 7. The Labute approximate surface area is 117 Å². The summed E-state index contributed by atoms with van der Waals surface area (Å²) in [6, 6.07) is 6.97. The number of methoxy groups -OCH3 is 2. The number of hydrogen-bond acceptors (Lipinski definition) is 4. The van der Waals surface area contributed by atoms with Crippen molar-refractivity contribution in [3.05, 3.63) is 24.3 Å². The third-order valence-corrected chi connectivity index (χ3v) is 2.82. The number of ether oxygens (including phenoxy) is 2. The monoisotopic (exact) mass is 281 g/mol. The molecule has 1 unspecified atom stereocenters. The van der Waals surface area contributed by atoms with E-state index in [9.17, 15) is 9.59 Å². The van der Waals surface area contributed by atoms with Gasteiger partial charge in [-0.3, -0.25) is 9.59 Å². The summed E-state index contributed by atoms with van der Waals surface area (Å²) in [6.45, 7) is 1.48. The molecule has 0 aliphatic rings. The maximum Gasteiger partial charge on any atom is 0.308 e. The number of hydrogen-bond donors (Lipinski definition) is 1. The van der Waals surface area contributed by atoms with E-state index in [4.69, 9.17) is 14.6 Å². The first-order valence-electron chi connectivity index (χ1n) is 6.16. The van der Waals surface area contributed by atoms with Gasteiger partial charge in [0.15, 0.2) is 0 Å². The molecule has 0 spiro atoms. The molecular weight excluding hydrogens is 262 g/mol. The third kappa shape index (κ3) is 3.96. The number of carbonyl (C=O) groups excluding carboxylic acids is 1. The molecule has 0 fully saturated rings. The van der Waals surface area contributed by atoms with Gasteiger partial charge in [0.05, 0.1) is 18.7 Å². The van der Waals surface area contributed by atoms with Gasteiger partial charge in [0, 0.05) is 13.7 Å². The van der Waals surface area contributed by atoms with Crippen LogP contribution in [0.5, 0.6) is 5.75 Å². The second kappa shape index (κ2) is 7.49. The molecule has 0 aromatic heterocycles. The van der Waals surface area contributed by atoms with Gasteiger partial charge in [0.2, 0.25) is 0 Å². The highest BCUT2D eigenvalue weighted by Gasteiger charge is 2.24. The van der Waals surface area contributed by atoms with Crippen LogP contribution in [0.3, 0.4) is 0 Å². The standard InChI is InChI=1S/C14H19NO5/c1-10(14(17)18)8-15(13(16)9-19-2)11-6-4-5-7-12(11)20-3/h4-7,10H,8-9H2,1-3H3,(H,17,18). The second-order valence-electron chi connectivity index (χ2n) is 4.35. The minimum absolute atomic E-state index is 0.0535. The smallest absolute Gasteiger partial charge is 0.308 e. The molecule has 6 nitrogen and oxygen atoms in total. The average Bonchev–Trinajstić information content (AvgIpc) is 2.44. The zero-order valence-electron chi connectivity index (χ0n) is 11.8. The van der Waals surface area contributed by atoms with Crippen molar-refractivity contribution in [2.24, 2.45) is 5.92 Å². The predicted octanol–water partition coefficient (Wildman–Crippen LogP) is 1.40. The van der Waals surface area contributed by atoms with E-state index in [0.717, 1.165) is 0 Å². The lowest BCUT2D eigenvalue weighted by Crippen LogP contribution is -2.39. The maximum atomic E-state index is 12.1. The summed E-state index contributed by atoms with van der Waals surface area (Å²) >= 11 is 0. The van der Waals surface area contributed by atoms with Crippen molar-refractivity contribution in [3.8, 4) is 5.75 Å². The van der Waals surface area contributed by atoms with Crippen molar-refractivity contribution in [2.45, 2.75) is 6.92 Å². The molecule has 1 amide bonds. The lowest BCUT2D eigenvalue weighted by Gasteiger charge is -2.26. The topological polar surface area (TPSA) is 76.1 Å². The highest BCUT2D eigenvalue weighted by molar-refractivity contribution is 5.96. The Balaban J connectivity index is 3.09. The zero-order chi connectivity index (χ0) is 15.1. The molecule has 6 heteroatoms. The van der Waals surface area contributed by atoms with E-state index >= 15 is 0 Å². The molecule has 1 aromatic carbocycles. The maximum absolute atomic E-state index is 12.1. The van der Waals surface area contributed by atoms with Crippen LogP contribution in [-0.4, -0.2) is 44.4 Å². The summed E-state index contributed by atoms with van der Waals surface area (Å²) in [6.07, 6.45) is 0. The van der Waals surface area contributed by atoms with Gasteiger partial charge in [-0.05, 0) is 12.1 Å². The first kappa shape index (κ1) is 16.0. The SMILES string of the molecule is COCC(=O)N(CC(C)C(=O)O)c1ccccc1OC. The van der Waals surface area contributed by atoms with Crippen LogP contribution in [0.25, 0.3) is 0 Å². The minimum atomic E-state index is -0.963. The quantitative estimate of drug-likeness (QED) is 0.817. The number of carboxylic acids is 1. The van der Waals surface area contributed by atoms with Gasteiger partial charge in [0.25, 0.3) is 5.91 Å². The van der Waals surface area contributed by atoms with E-state index in [-0.39, 0.29) is 19.1 Å². The molecule has 0 heterocycles. The molecule has 1 aromatic rings. The summed E-state index contributed by atoms with van der Waals surface area (Å²) in [4.78, 5) is 24.5. The highest BCUT2D eigenvalue weighted by atomic mass is 16.5. The van der Waals surface area contributed by atoms with Crippen LogP contribution in [-0.2, 0) is 14.3 Å². The lowest BCUT2D eigenvalue weighted by molar-refractivity contribution is -0.140. The van der Waals surface area contributed by atoms with E-state index in [2.05, 4.69) is 0 Å². The fourth-order valence-corrected chi connectivity index (χ4v) is 1.74. The van der Waals surface area contributed by atoms with Gasteiger partial charge in [-0.2, -0.15) is 0 Å². The van der Waals surface area contributed by atoms with Crippen LogP contribution >= 0.6 is 0 Å². The molecule has 0 aliphatic heterocycles. The van der Waals surface area contributed by atoms with Gasteiger partial charge < -0.3 is 19.5 Å². The summed E-state index contributed by atoms with van der Waals surface area (Å²) < 4.78 is 10.1. The van der Waals surface area contributed by atoms with E-state index in [0.29, 0.717) is 11.4 Å². The van der Waals surface area contributed by atoms with Crippen LogP contribution in [0.15, 0.2) is 24.3 Å². The molecule has 1 N–H and O–H groups in total. The van der Waals surface area contributed by atoms with E-state index in [1.54, 1.807) is 31.2 Å². The van der Waals surface area contributed by atoms with Crippen molar-refractivity contribution in [2.75, 3.05) is 32.3 Å². The lowest BCUT2D eigenvalue weighted by atomic mass is 10.1. The Morgan fingerprint density at radius 2 is 1.95 bits per heavy atom. The Morgan fingerprint density at radius 1 is 1.30 bits per heavy atom. The first-order valence-corrected chi connectivity index (χ1v) is 6.16. The largest absolute Gasteiger partial charge is 0.495 e. The Bertz CT molecular complexity index is 474. The van der Waals surface area contributed by atoms with Gasteiger partial charge in [0.1, 0.15) is 12.4 Å². The van der Waals surface area contributed by atoms with E-state index in [1.807, 2.05) is 0 Å². The molecule has 110 valence electrons. The van der Waals surface area contributed by atoms with Gasteiger partial charge in [-0.1, -0.05) is 19.1 Å². The van der Waals surface area contributed by atoms with Crippen LogP contribution in [0.2, 0.25) is 0 Å². The summed E-state index contributed by atoms with van der Waals surface area (Å²) in [5, 5.41) is 9.02. The molecule has 20 heavy (non-hydrogen) atoms. The number of para-hydroxylation sites is 2. The Morgan fingerprint density at radius 3 is 2.50 bits per heavy atom. The number of carboxylic acid groups (broad SMARTS) is 1. The molecular formula is C14H19NO5. The summed E-state index contributed by atoms with van der Waals surface area (Å²) in [5.41, 5.74) is 0.533. The number of nitrogens with zero attached hydrogens (tertiary/aromatic N) is 1. The van der Waals surface area contributed by atoms with E-state index in [1.165, 1.54) is 19.1 Å². The fourth-order valence-electron chi connectivity index (χ4n) is 1.74. The van der Waals surface area contributed by atoms with Gasteiger partial charge in [-0.15, -0.1) is 0 Å². The minimum Gasteiger partial charge on any atom is -0.495 e. The van der Waals surface area contributed by atoms with Crippen molar-refractivity contribution in [1.82, 2.24) is 0 Å². The fraction of sp³-hybridized carbons (Fsp3) is 0.429. The van der Waals surface area contributed by atoms with Crippen LogP contribution in [0.1, 0.15) is 6.92 Å². The van der Waals surface area contributed by atoms with Gasteiger partial charge in [-0.25, -0.2) is 0 Å². The molecule has 0 aliphatic carbocycles. The number of amides is 1. The molecule has 1 rings (SSSR count). The number of carbonyl (C=O) groups is 2. The summed E-state index contributed by atoms with van der Waals surface area (Å²) in [5.74, 6) is -1.46. The molecule has 0 bridgehead atoms. The van der Waals surface area contributed by atoms with Crippen molar-refractivity contribution in [3.63, 3.8) is 0 Å². The normalized spacial score (nSPS) is 11.8. The van der Waals surface area contributed by atoms with Crippen LogP contribution in [0.4, 0.5) is 5.69 Å². The Hall–Kier alpha value is -2.08. The molecule has 1 atom stereocenters. The first-order chi connectivity index (χ1) is 9.51. The van der Waals surface area contributed by atoms with Gasteiger partial charge >= 0.3 is 5.97 Å². The summed E-state index contributed by atoms with van der Waals surface area (Å²) in [7, 11) is 2.91. The molecule has 0 radical (unpaired) electrons. The number of benzene rings is 1. The number of anilines is 1. The van der Waals surface area contributed by atoms with Crippen molar-refractivity contribution < 1.29 is 24.2 Å². The predicted molar refractivity (Wildman–Crippen MR) is 74.0 cm³/mol. The third-order valence-electron chi connectivity index (χ3n) is 2.82. The average molecular weight is 281 g/mol. The van der Waals surface area contributed by atoms with Crippen molar-refractivity contribution in [1.29, 1.82) is 0 Å². The highest BCUT2D eigenvalue weighted by Crippen LogP contribution is 2.28. The zero-order valence-corrected chi connectivity index (χ0v) is 11.8. The van der Waals surface area contributed by atoms with Crippen LogP contribution < -0.4 is 9.64 Å². The van der Waals surface area contributed by atoms with E-state index < -0.39 is 11.9 Å². The number of aliphatic carboxylic acids is 1. The van der Waals surface area contributed by atoms with Crippen LogP contribution in [0, 0.1) is 5.92 Å². The second-order valence-corrected chi connectivity index (χ2v) is 4.35.